The molecule has 0 unspecified atom stereocenters. The lowest BCUT2D eigenvalue weighted by Gasteiger charge is -2.48. The van der Waals surface area contributed by atoms with Gasteiger partial charge in [-0.1, -0.05) is 62.4 Å². The van der Waals surface area contributed by atoms with E-state index >= 15 is 0 Å². The van der Waals surface area contributed by atoms with Crippen molar-refractivity contribution in [3.8, 4) is 0 Å². The summed E-state index contributed by atoms with van der Waals surface area (Å²) in [4.78, 5) is 32.8. The first kappa shape index (κ1) is 24.1. The largest absolute Gasteiger partial charge is 0.444 e. The molecule has 0 N–H and O–H groups in total. The monoisotopic (exact) mass is 463 g/mol. The van der Waals surface area contributed by atoms with Crippen LogP contribution in [-0.4, -0.2) is 52.7 Å². The Balaban J connectivity index is 1.73. The second kappa shape index (κ2) is 9.32. The second-order valence-electron chi connectivity index (χ2n) is 11.0. The molecule has 34 heavy (non-hydrogen) atoms. The Labute approximate surface area is 203 Å². The summed E-state index contributed by atoms with van der Waals surface area (Å²) in [5.41, 5.74) is 1.01. The summed E-state index contributed by atoms with van der Waals surface area (Å²) in [6, 6.07) is 19.9. The first-order chi connectivity index (χ1) is 16.1. The molecule has 4 rings (SSSR count). The van der Waals surface area contributed by atoms with E-state index in [1.54, 1.807) is 0 Å². The van der Waals surface area contributed by atoms with Crippen molar-refractivity contribution in [3.63, 3.8) is 0 Å². The third kappa shape index (κ3) is 4.91. The Hall–Kier alpha value is -3.02. The Morgan fingerprint density at radius 2 is 1.68 bits per heavy atom. The predicted molar refractivity (Wildman–Crippen MR) is 135 cm³/mol. The van der Waals surface area contributed by atoms with E-state index < -0.39 is 11.1 Å². The fourth-order valence-corrected chi connectivity index (χ4v) is 5.30. The Morgan fingerprint density at radius 1 is 1.06 bits per heavy atom. The molecule has 2 atom stereocenters. The molecule has 2 heterocycles. The van der Waals surface area contributed by atoms with Crippen LogP contribution >= 0.6 is 0 Å². The molecule has 0 saturated carbocycles. The van der Waals surface area contributed by atoms with Crippen LogP contribution in [0.3, 0.4) is 0 Å². The first-order valence-electron chi connectivity index (χ1n) is 12.3. The Morgan fingerprint density at radius 3 is 2.26 bits per heavy atom. The molecule has 6 heteroatoms. The Bertz CT molecular complexity index is 1000. The van der Waals surface area contributed by atoms with Crippen LogP contribution in [0.5, 0.6) is 0 Å². The van der Waals surface area contributed by atoms with Crippen molar-refractivity contribution < 1.29 is 14.3 Å². The molecule has 2 aromatic carbocycles. The number of rotatable bonds is 4. The van der Waals surface area contributed by atoms with Crippen LogP contribution in [0.25, 0.3) is 0 Å². The number of carbonyl (C=O) groups excluding carboxylic acids is 2. The molecule has 2 saturated heterocycles. The van der Waals surface area contributed by atoms with Crippen LogP contribution in [0.1, 0.15) is 59.1 Å². The summed E-state index contributed by atoms with van der Waals surface area (Å²) < 4.78 is 5.78. The maximum atomic E-state index is 13.7. The van der Waals surface area contributed by atoms with Crippen LogP contribution in [0.15, 0.2) is 60.7 Å². The number of urea groups is 1. The molecule has 182 valence electrons. The Kier molecular flexibility index (Phi) is 6.61. The number of amides is 3. The van der Waals surface area contributed by atoms with E-state index in [0.717, 1.165) is 17.8 Å². The second-order valence-corrected chi connectivity index (χ2v) is 11.0. The van der Waals surface area contributed by atoms with E-state index in [1.807, 2.05) is 84.0 Å². The minimum atomic E-state index is -0.569. The summed E-state index contributed by atoms with van der Waals surface area (Å²) in [5.74, 6) is 0.378. The maximum Gasteiger partial charge on any atom is 0.410 e. The molecule has 2 aliphatic rings. The van der Waals surface area contributed by atoms with Crippen LogP contribution in [0, 0.1) is 5.92 Å². The number of hydrogen-bond acceptors (Lipinski definition) is 3. The predicted octanol–water partition coefficient (Wildman–Crippen LogP) is 6.10. The fraction of sp³-hybridized carbons (Fsp3) is 0.500. The average Bonchev–Trinajstić information content (AvgIpc) is 3.03. The molecular weight excluding hydrogens is 426 g/mol. The van der Waals surface area contributed by atoms with Crippen molar-refractivity contribution in [2.75, 3.05) is 24.5 Å². The van der Waals surface area contributed by atoms with Gasteiger partial charge < -0.3 is 14.5 Å². The van der Waals surface area contributed by atoms with Gasteiger partial charge in [0.2, 0.25) is 0 Å². The van der Waals surface area contributed by atoms with Crippen LogP contribution in [-0.2, 0) is 4.74 Å². The van der Waals surface area contributed by atoms with Crippen molar-refractivity contribution >= 4 is 17.8 Å². The molecule has 2 fully saturated rings. The topological polar surface area (TPSA) is 53.1 Å². The molecule has 2 aliphatic heterocycles. The smallest absolute Gasteiger partial charge is 0.410 e. The van der Waals surface area contributed by atoms with E-state index in [2.05, 4.69) is 26.0 Å². The van der Waals surface area contributed by atoms with Crippen LogP contribution in [0.4, 0.5) is 15.3 Å². The number of para-hydroxylation sites is 1. The van der Waals surface area contributed by atoms with Gasteiger partial charge in [0, 0.05) is 25.3 Å². The minimum Gasteiger partial charge on any atom is -0.444 e. The van der Waals surface area contributed by atoms with Gasteiger partial charge in [-0.05, 0) is 57.2 Å². The van der Waals surface area contributed by atoms with Crippen molar-refractivity contribution in [2.45, 2.75) is 64.6 Å². The lowest BCUT2D eigenvalue weighted by molar-refractivity contribution is 0.00191. The third-order valence-electron chi connectivity index (χ3n) is 6.60. The number of likely N-dealkylation sites (tertiary alicyclic amines) is 1. The van der Waals surface area contributed by atoms with E-state index in [1.165, 1.54) is 0 Å². The number of nitrogens with zero attached hydrogens (tertiary/aromatic N) is 3. The maximum absolute atomic E-state index is 13.7. The number of piperidine rings is 1. The molecule has 0 bridgehead atoms. The number of carbonyl (C=O) groups is 2. The molecule has 2 aromatic rings. The third-order valence-corrected chi connectivity index (χ3v) is 6.60. The molecule has 0 aliphatic carbocycles. The summed E-state index contributed by atoms with van der Waals surface area (Å²) >= 11 is 0. The summed E-state index contributed by atoms with van der Waals surface area (Å²) in [5, 5.41) is 0. The molecule has 1 spiro atoms. The summed E-state index contributed by atoms with van der Waals surface area (Å²) in [7, 11) is 0. The highest BCUT2D eigenvalue weighted by atomic mass is 16.6. The van der Waals surface area contributed by atoms with Crippen LogP contribution < -0.4 is 4.90 Å². The number of anilines is 1. The van der Waals surface area contributed by atoms with Gasteiger partial charge in [0.25, 0.3) is 0 Å². The number of hydrogen-bond donors (Lipinski definition) is 0. The molecular formula is C28H37N3O3. The van der Waals surface area contributed by atoms with E-state index in [4.69, 9.17) is 4.74 Å². The van der Waals surface area contributed by atoms with Gasteiger partial charge in [0.15, 0.2) is 0 Å². The van der Waals surface area contributed by atoms with Crippen molar-refractivity contribution in [1.82, 2.24) is 9.80 Å². The zero-order valence-corrected chi connectivity index (χ0v) is 21.0. The highest BCUT2D eigenvalue weighted by Gasteiger charge is 2.54. The molecule has 0 radical (unpaired) electrons. The fourth-order valence-electron chi connectivity index (χ4n) is 5.30. The van der Waals surface area contributed by atoms with E-state index in [0.29, 0.717) is 31.8 Å². The van der Waals surface area contributed by atoms with Gasteiger partial charge in [-0.2, -0.15) is 0 Å². The number of ether oxygens (including phenoxy) is 1. The standard InChI is InChI=1S/C28H37N3O3/c1-21(2)19-29-20-28(31(25(29)32)23-14-10-7-11-15-23)16-17-30(26(33)34-27(3,4)5)24(18-28)22-12-8-6-9-13-22/h6-15,21,24H,16-20H2,1-5H3/t24-,28+/m1/s1. The van der Waals surface area contributed by atoms with Gasteiger partial charge in [0.1, 0.15) is 5.60 Å². The highest BCUT2D eigenvalue weighted by molar-refractivity contribution is 5.96. The minimum absolute atomic E-state index is 0.0532. The summed E-state index contributed by atoms with van der Waals surface area (Å²) in [6.07, 6.45) is 1.06. The lowest BCUT2D eigenvalue weighted by Crippen LogP contribution is -2.57. The molecule has 6 nitrogen and oxygen atoms in total. The van der Waals surface area contributed by atoms with Gasteiger partial charge in [-0.3, -0.25) is 4.90 Å². The highest BCUT2D eigenvalue weighted by Crippen LogP contribution is 2.46. The van der Waals surface area contributed by atoms with E-state index in [-0.39, 0.29) is 18.2 Å². The van der Waals surface area contributed by atoms with Crippen molar-refractivity contribution in [3.05, 3.63) is 66.2 Å². The van der Waals surface area contributed by atoms with E-state index in [9.17, 15) is 9.59 Å². The zero-order valence-electron chi connectivity index (χ0n) is 21.0. The SMILES string of the molecule is CC(C)CN1C[C@@]2(CCN(C(=O)OC(C)(C)C)[C@@H](c3ccccc3)C2)N(c2ccccc2)C1=O. The zero-order chi connectivity index (χ0) is 24.5. The summed E-state index contributed by atoms with van der Waals surface area (Å²) in [6.45, 7) is 11.9. The average molecular weight is 464 g/mol. The van der Waals surface area contributed by atoms with Gasteiger partial charge in [-0.15, -0.1) is 0 Å². The normalized spacial score (nSPS) is 23.2. The molecule has 0 aromatic heterocycles. The molecule has 3 amide bonds. The van der Waals surface area contributed by atoms with Crippen molar-refractivity contribution in [1.29, 1.82) is 0 Å². The first-order valence-corrected chi connectivity index (χ1v) is 12.3. The lowest BCUT2D eigenvalue weighted by atomic mass is 9.79. The van der Waals surface area contributed by atoms with Gasteiger partial charge >= 0.3 is 12.1 Å². The number of benzene rings is 2. The van der Waals surface area contributed by atoms with Crippen molar-refractivity contribution in [2.24, 2.45) is 5.92 Å². The quantitative estimate of drug-likeness (QED) is 0.551. The van der Waals surface area contributed by atoms with Gasteiger partial charge in [0.05, 0.1) is 11.6 Å². The van der Waals surface area contributed by atoms with Gasteiger partial charge in [-0.25, -0.2) is 9.59 Å². The van der Waals surface area contributed by atoms with Crippen LogP contribution in [0.2, 0.25) is 0 Å².